The van der Waals surface area contributed by atoms with Gasteiger partial charge < -0.3 is 0 Å². The number of pyridine rings is 1. The lowest BCUT2D eigenvalue weighted by Crippen LogP contribution is -2.15. The van der Waals surface area contributed by atoms with Crippen LogP contribution in [0.1, 0.15) is 28.0 Å². The van der Waals surface area contributed by atoms with Crippen molar-refractivity contribution in [2.45, 2.75) is 19.3 Å². The molecule has 1 N–H and O–H groups in total. The van der Waals surface area contributed by atoms with Crippen molar-refractivity contribution >= 4 is 33.3 Å². The predicted molar refractivity (Wildman–Crippen MR) is 83.8 cm³/mol. The highest BCUT2D eigenvalue weighted by Gasteiger charge is 2.23. The number of rotatable bonds is 2. The Bertz CT molecular complexity index is 827. The van der Waals surface area contributed by atoms with E-state index in [9.17, 15) is 4.79 Å². The Morgan fingerprint density at radius 2 is 2.14 bits per heavy atom. The van der Waals surface area contributed by atoms with Crippen LogP contribution in [0, 0.1) is 0 Å². The molecular formula is C16H13N3OS. The minimum atomic E-state index is -0.0818. The third-order valence-electron chi connectivity index (χ3n) is 3.80. The van der Waals surface area contributed by atoms with Crippen LogP contribution in [-0.4, -0.2) is 15.9 Å². The minimum absolute atomic E-state index is 0.0818. The van der Waals surface area contributed by atoms with E-state index in [2.05, 4.69) is 10.3 Å². The van der Waals surface area contributed by atoms with E-state index in [1.807, 2.05) is 29.6 Å². The highest BCUT2D eigenvalue weighted by molar-refractivity contribution is 7.13. The molecule has 0 saturated carbocycles. The molecule has 104 valence electrons. The zero-order valence-corrected chi connectivity index (χ0v) is 12.1. The molecule has 0 unspecified atom stereocenters. The number of fused-ring (bicyclic) bond motifs is 2. The van der Waals surface area contributed by atoms with Gasteiger partial charge in [0.15, 0.2) is 5.13 Å². The first kappa shape index (κ1) is 12.5. The largest absolute Gasteiger partial charge is 0.298 e. The van der Waals surface area contributed by atoms with Gasteiger partial charge in [-0.25, -0.2) is 4.98 Å². The number of anilines is 1. The molecule has 1 aliphatic rings. The summed E-state index contributed by atoms with van der Waals surface area (Å²) in [4.78, 5) is 21.5. The van der Waals surface area contributed by atoms with Crippen molar-refractivity contribution in [2.24, 2.45) is 0 Å². The molecule has 1 amide bonds. The van der Waals surface area contributed by atoms with Gasteiger partial charge in [-0.05, 0) is 30.9 Å². The van der Waals surface area contributed by atoms with Crippen LogP contribution in [0.4, 0.5) is 5.13 Å². The van der Waals surface area contributed by atoms with Crippen LogP contribution in [0.2, 0.25) is 0 Å². The summed E-state index contributed by atoms with van der Waals surface area (Å²) in [5.41, 5.74) is 3.83. The Kier molecular flexibility index (Phi) is 2.93. The minimum Gasteiger partial charge on any atom is -0.298 e. The number of carbonyl (C=O) groups is 1. The quantitative estimate of drug-likeness (QED) is 0.788. The van der Waals surface area contributed by atoms with Crippen molar-refractivity contribution in [3.8, 4) is 0 Å². The summed E-state index contributed by atoms with van der Waals surface area (Å²) < 4.78 is 0. The molecule has 1 aliphatic carbocycles. The standard InChI is InChI=1S/C16H13N3OS/c20-15(19-16-17-8-9-21-16)14-10-4-1-2-6-12(10)18-13-7-3-5-11(13)14/h1-2,4,6,8-9H,3,5,7H2,(H,17,19,20). The highest BCUT2D eigenvalue weighted by Crippen LogP contribution is 2.30. The molecule has 21 heavy (non-hydrogen) atoms. The van der Waals surface area contributed by atoms with Crippen molar-refractivity contribution in [3.05, 3.63) is 52.7 Å². The third-order valence-corrected chi connectivity index (χ3v) is 4.49. The molecule has 0 spiro atoms. The number of para-hydroxylation sites is 1. The number of aryl methyl sites for hydroxylation is 1. The molecule has 0 bridgehead atoms. The van der Waals surface area contributed by atoms with Crippen LogP contribution in [0.15, 0.2) is 35.8 Å². The van der Waals surface area contributed by atoms with Gasteiger partial charge in [-0.2, -0.15) is 0 Å². The van der Waals surface area contributed by atoms with Gasteiger partial charge in [-0.3, -0.25) is 15.1 Å². The first-order valence-corrected chi connectivity index (χ1v) is 7.82. The second kappa shape index (κ2) is 4.93. The molecule has 3 aromatic rings. The smallest absolute Gasteiger partial charge is 0.258 e. The third kappa shape index (κ3) is 2.10. The number of carbonyl (C=O) groups excluding carboxylic acids is 1. The topological polar surface area (TPSA) is 54.9 Å². The molecule has 0 aliphatic heterocycles. The number of hydrogen-bond acceptors (Lipinski definition) is 4. The van der Waals surface area contributed by atoms with E-state index in [1.54, 1.807) is 6.20 Å². The summed E-state index contributed by atoms with van der Waals surface area (Å²) in [5.74, 6) is -0.0818. The van der Waals surface area contributed by atoms with Crippen molar-refractivity contribution < 1.29 is 4.79 Å². The number of amides is 1. The summed E-state index contributed by atoms with van der Waals surface area (Å²) in [6.07, 6.45) is 4.64. The maximum Gasteiger partial charge on any atom is 0.258 e. The SMILES string of the molecule is O=C(Nc1nccs1)c1c2c(nc3ccccc13)CCC2. The van der Waals surface area contributed by atoms with Gasteiger partial charge in [-0.1, -0.05) is 18.2 Å². The Morgan fingerprint density at radius 1 is 1.24 bits per heavy atom. The highest BCUT2D eigenvalue weighted by atomic mass is 32.1. The second-order valence-electron chi connectivity index (χ2n) is 5.07. The van der Waals surface area contributed by atoms with Crippen LogP contribution >= 0.6 is 11.3 Å². The average Bonchev–Trinajstić information content (AvgIpc) is 3.15. The summed E-state index contributed by atoms with van der Waals surface area (Å²) >= 11 is 1.43. The average molecular weight is 295 g/mol. The molecule has 4 rings (SSSR count). The zero-order valence-electron chi connectivity index (χ0n) is 11.3. The fraction of sp³-hybridized carbons (Fsp3) is 0.188. The number of aromatic nitrogens is 2. The van der Waals surface area contributed by atoms with E-state index in [4.69, 9.17) is 4.98 Å². The van der Waals surface area contributed by atoms with E-state index in [1.165, 1.54) is 11.3 Å². The van der Waals surface area contributed by atoms with Gasteiger partial charge in [0.25, 0.3) is 5.91 Å². The fourth-order valence-electron chi connectivity index (χ4n) is 2.92. The maximum absolute atomic E-state index is 12.7. The van der Waals surface area contributed by atoms with Crippen molar-refractivity contribution in [3.63, 3.8) is 0 Å². The number of nitrogens with one attached hydrogen (secondary N) is 1. The number of benzene rings is 1. The first-order chi connectivity index (χ1) is 10.3. The second-order valence-corrected chi connectivity index (χ2v) is 5.97. The van der Waals surface area contributed by atoms with Crippen LogP contribution in [-0.2, 0) is 12.8 Å². The molecule has 0 fully saturated rings. The van der Waals surface area contributed by atoms with Crippen LogP contribution in [0.3, 0.4) is 0 Å². The molecule has 5 heteroatoms. The number of thiazole rings is 1. The summed E-state index contributed by atoms with van der Waals surface area (Å²) in [7, 11) is 0. The van der Waals surface area contributed by atoms with Gasteiger partial charge in [0.05, 0.1) is 11.1 Å². The molecule has 2 heterocycles. The number of hydrogen-bond donors (Lipinski definition) is 1. The van der Waals surface area contributed by atoms with Crippen LogP contribution in [0.5, 0.6) is 0 Å². The van der Waals surface area contributed by atoms with Crippen LogP contribution in [0.25, 0.3) is 10.9 Å². The summed E-state index contributed by atoms with van der Waals surface area (Å²) in [5, 5.41) is 6.31. The van der Waals surface area contributed by atoms with Gasteiger partial charge in [0.2, 0.25) is 0 Å². The van der Waals surface area contributed by atoms with Gasteiger partial charge in [-0.15, -0.1) is 11.3 Å². The van der Waals surface area contributed by atoms with E-state index in [-0.39, 0.29) is 5.91 Å². The molecular weight excluding hydrogens is 282 g/mol. The predicted octanol–water partition coefficient (Wildman–Crippen LogP) is 3.43. The van der Waals surface area contributed by atoms with E-state index < -0.39 is 0 Å². The lowest BCUT2D eigenvalue weighted by molar-refractivity contribution is 0.102. The summed E-state index contributed by atoms with van der Waals surface area (Å²) in [6.45, 7) is 0. The monoisotopic (exact) mass is 295 g/mol. The molecule has 0 atom stereocenters. The van der Waals surface area contributed by atoms with Gasteiger partial charge in [0.1, 0.15) is 0 Å². The maximum atomic E-state index is 12.7. The Morgan fingerprint density at radius 3 is 3.00 bits per heavy atom. The Balaban J connectivity index is 1.88. The first-order valence-electron chi connectivity index (χ1n) is 6.94. The van der Waals surface area contributed by atoms with Crippen LogP contribution < -0.4 is 5.32 Å². The molecule has 2 aromatic heterocycles. The Labute approximate surface area is 125 Å². The van der Waals surface area contributed by atoms with Gasteiger partial charge in [0, 0.05) is 22.7 Å². The van der Waals surface area contributed by atoms with Crippen molar-refractivity contribution in [2.75, 3.05) is 5.32 Å². The lowest BCUT2D eigenvalue weighted by Gasteiger charge is -2.11. The van der Waals surface area contributed by atoms with Crippen molar-refractivity contribution in [1.29, 1.82) is 0 Å². The van der Waals surface area contributed by atoms with E-state index in [0.717, 1.165) is 47.0 Å². The molecule has 1 aromatic carbocycles. The zero-order chi connectivity index (χ0) is 14.2. The Hall–Kier alpha value is -2.27. The molecule has 0 saturated heterocycles. The van der Waals surface area contributed by atoms with Crippen molar-refractivity contribution in [1.82, 2.24) is 9.97 Å². The molecule has 0 radical (unpaired) electrons. The summed E-state index contributed by atoms with van der Waals surface area (Å²) in [6, 6.07) is 7.84. The lowest BCUT2D eigenvalue weighted by atomic mass is 10.0. The fourth-order valence-corrected chi connectivity index (χ4v) is 3.44. The molecule has 4 nitrogen and oxygen atoms in total. The number of nitrogens with zero attached hydrogens (tertiary/aromatic N) is 2. The van der Waals surface area contributed by atoms with E-state index >= 15 is 0 Å². The normalized spacial score (nSPS) is 13.3. The van der Waals surface area contributed by atoms with E-state index in [0.29, 0.717) is 5.13 Å². The van der Waals surface area contributed by atoms with Gasteiger partial charge >= 0.3 is 0 Å².